The summed E-state index contributed by atoms with van der Waals surface area (Å²) in [5.41, 5.74) is 3.91. The van der Waals surface area contributed by atoms with E-state index in [-0.39, 0.29) is 37.2 Å². The Bertz CT molecular complexity index is 942. The summed E-state index contributed by atoms with van der Waals surface area (Å²) in [7, 11) is 1.96. The highest BCUT2D eigenvalue weighted by molar-refractivity contribution is 6.20. The first-order chi connectivity index (χ1) is 15.0. The quantitative estimate of drug-likeness (QED) is 0.431. The highest BCUT2D eigenvalue weighted by Crippen LogP contribution is 2.32. The molecular formula is C22H25ClN4O4. The number of carbonyl (C=O) groups is 2. The van der Waals surface area contributed by atoms with Gasteiger partial charge in [0.2, 0.25) is 6.79 Å². The minimum Gasteiger partial charge on any atom is -0.454 e. The molecule has 2 aliphatic rings. The van der Waals surface area contributed by atoms with Gasteiger partial charge in [0, 0.05) is 25.2 Å². The summed E-state index contributed by atoms with van der Waals surface area (Å²) in [6, 6.07) is 14.3. The van der Waals surface area contributed by atoms with Crippen LogP contribution >= 0.6 is 11.6 Å². The number of piperazine rings is 1. The standard InChI is InChI=1S/C22H25ClN4O4/c1-25-9-10-26(13-20(25)23)14-21(28)27(24-22(29)17-5-3-2-4-6-17)12-16-7-8-18-19(11-16)31-15-30-18/h2-8,11,20H,9-10,12-15H2,1H3,(H,24,29). The molecule has 4 rings (SSSR count). The van der Waals surface area contributed by atoms with E-state index in [9.17, 15) is 9.59 Å². The number of nitrogens with zero attached hydrogens (tertiary/aromatic N) is 3. The van der Waals surface area contributed by atoms with Crippen molar-refractivity contribution in [3.8, 4) is 11.5 Å². The first kappa shape index (κ1) is 21.4. The van der Waals surface area contributed by atoms with Gasteiger partial charge in [-0.25, -0.2) is 5.01 Å². The fourth-order valence-electron chi connectivity index (χ4n) is 3.49. The maximum Gasteiger partial charge on any atom is 0.269 e. The lowest BCUT2D eigenvalue weighted by Crippen LogP contribution is -2.54. The van der Waals surface area contributed by atoms with Crippen molar-refractivity contribution in [2.75, 3.05) is 40.0 Å². The zero-order valence-electron chi connectivity index (χ0n) is 17.3. The number of halogens is 1. The molecule has 9 heteroatoms. The second-order valence-electron chi connectivity index (χ2n) is 7.62. The van der Waals surface area contributed by atoms with Crippen molar-refractivity contribution in [3.05, 3.63) is 59.7 Å². The molecule has 1 unspecified atom stereocenters. The number of benzene rings is 2. The van der Waals surface area contributed by atoms with E-state index < -0.39 is 0 Å². The number of rotatable bonds is 5. The predicted molar refractivity (Wildman–Crippen MR) is 116 cm³/mol. The topological polar surface area (TPSA) is 74.3 Å². The van der Waals surface area contributed by atoms with E-state index in [2.05, 4.69) is 5.43 Å². The number of hydrogen-bond donors (Lipinski definition) is 1. The lowest BCUT2D eigenvalue weighted by molar-refractivity contribution is -0.136. The van der Waals surface area contributed by atoms with Gasteiger partial charge in [-0.05, 0) is 36.9 Å². The van der Waals surface area contributed by atoms with E-state index >= 15 is 0 Å². The third kappa shape index (κ3) is 5.28. The lowest BCUT2D eigenvalue weighted by atomic mass is 10.2. The number of likely N-dealkylation sites (N-methyl/N-ethyl adjacent to an activating group) is 1. The molecule has 8 nitrogen and oxygen atoms in total. The predicted octanol–water partition coefficient (Wildman–Crippen LogP) is 1.90. The van der Waals surface area contributed by atoms with Crippen LogP contribution in [-0.4, -0.2) is 72.1 Å². The Morgan fingerprint density at radius 2 is 1.90 bits per heavy atom. The molecule has 1 saturated heterocycles. The summed E-state index contributed by atoms with van der Waals surface area (Å²) in [4.78, 5) is 29.9. The molecule has 2 aromatic rings. The molecule has 2 aromatic carbocycles. The molecule has 2 heterocycles. The second kappa shape index (κ2) is 9.55. The molecule has 1 N–H and O–H groups in total. The fraction of sp³-hybridized carbons (Fsp3) is 0.364. The SMILES string of the molecule is CN1CCN(CC(=O)N(Cc2ccc3c(c2)OCO3)NC(=O)c2ccccc2)CC1Cl. The first-order valence-corrected chi connectivity index (χ1v) is 10.5. The Kier molecular flexibility index (Phi) is 6.60. The van der Waals surface area contributed by atoms with Crippen molar-refractivity contribution < 1.29 is 19.1 Å². The van der Waals surface area contributed by atoms with E-state index in [4.69, 9.17) is 21.1 Å². The van der Waals surface area contributed by atoms with Gasteiger partial charge in [0.15, 0.2) is 11.5 Å². The largest absolute Gasteiger partial charge is 0.454 e. The zero-order valence-corrected chi connectivity index (χ0v) is 18.0. The highest BCUT2D eigenvalue weighted by atomic mass is 35.5. The van der Waals surface area contributed by atoms with Gasteiger partial charge in [0.25, 0.3) is 11.8 Å². The molecule has 31 heavy (non-hydrogen) atoms. The Labute approximate surface area is 186 Å². The minimum atomic E-state index is -0.344. The van der Waals surface area contributed by atoms with Gasteiger partial charge < -0.3 is 9.47 Å². The van der Waals surface area contributed by atoms with Gasteiger partial charge in [-0.15, -0.1) is 11.6 Å². The van der Waals surface area contributed by atoms with E-state index in [1.807, 2.05) is 35.0 Å². The van der Waals surface area contributed by atoms with Gasteiger partial charge in [0.1, 0.15) is 0 Å². The lowest BCUT2D eigenvalue weighted by Gasteiger charge is -2.36. The molecule has 0 bridgehead atoms. The number of hydrogen-bond acceptors (Lipinski definition) is 6. The van der Waals surface area contributed by atoms with Crippen LogP contribution in [0, 0.1) is 0 Å². The summed E-state index contributed by atoms with van der Waals surface area (Å²) in [6.07, 6.45) is 0. The van der Waals surface area contributed by atoms with Crippen LogP contribution in [0.25, 0.3) is 0 Å². The number of hydrazine groups is 1. The fourth-order valence-corrected chi connectivity index (χ4v) is 3.78. The third-order valence-corrected chi connectivity index (χ3v) is 5.84. The van der Waals surface area contributed by atoms with Crippen LogP contribution in [-0.2, 0) is 11.3 Å². The van der Waals surface area contributed by atoms with Crippen LogP contribution in [0.1, 0.15) is 15.9 Å². The van der Waals surface area contributed by atoms with Crippen LogP contribution in [0.3, 0.4) is 0 Å². The Morgan fingerprint density at radius 1 is 1.13 bits per heavy atom. The summed E-state index contributed by atoms with van der Waals surface area (Å²) in [6.45, 7) is 2.63. The third-order valence-electron chi connectivity index (χ3n) is 5.37. The van der Waals surface area contributed by atoms with Crippen LogP contribution in [0.15, 0.2) is 48.5 Å². The summed E-state index contributed by atoms with van der Waals surface area (Å²) in [5.74, 6) is 0.738. The summed E-state index contributed by atoms with van der Waals surface area (Å²) in [5, 5.41) is 1.36. The zero-order chi connectivity index (χ0) is 21.8. The Morgan fingerprint density at radius 3 is 2.68 bits per heavy atom. The van der Waals surface area contributed by atoms with Crippen LogP contribution in [0.5, 0.6) is 11.5 Å². The average Bonchev–Trinajstić information content (AvgIpc) is 3.24. The maximum absolute atomic E-state index is 13.2. The number of nitrogens with one attached hydrogen (secondary N) is 1. The van der Waals surface area contributed by atoms with Gasteiger partial charge in [-0.3, -0.25) is 24.8 Å². The molecule has 0 aromatic heterocycles. The summed E-state index contributed by atoms with van der Waals surface area (Å²) < 4.78 is 10.8. The van der Waals surface area contributed by atoms with Gasteiger partial charge in [-0.1, -0.05) is 24.3 Å². The van der Waals surface area contributed by atoms with Crippen molar-refractivity contribution in [1.82, 2.24) is 20.2 Å². The van der Waals surface area contributed by atoms with Crippen molar-refractivity contribution in [2.45, 2.75) is 12.0 Å². The summed E-state index contributed by atoms with van der Waals surface area (Å²) >= 11 is 6.34. The van der Waals surface area contributed by atoms with E-state index in [1.165, 1.54) is 5.01 Å². The van der Waals surface area contributed by atoms with Crippen molar-refractivity contribution >= 4 is 23.4 Å². The number of fused-ring (bicyclic) bond motifs is 1. The number of ether oxygens (including phenoxy) is 2. The normalized spacial score (nSPS) is 18.6. The molecule has 1 fully saturated rings. The van der Waals surface area contributed by atoms with Crippen LogP contribution in [0.4, 0.5) is 0 Å². The Hall–Kier alpha value is -2.81. The monoisotopic (exact) mass is 444 g/mol. The smallest absolute Gasteiger partial charge is 0.269 e. The van der Waals surface area contributed by atoms with E-state index in [0.717, 1.165) is 18.7 Å². The molecule has 2 aliphatic heterocycles. The van der Waals surface area contributed by atoms with Gasteiger partial charge >= 0.3 is 0 Å². The second-order valence-corrected chi connectivity index (χ2v) is 8.13. The first-order valence-electron chi connectivity index (χ1n) is 10.1. The van der Waals surface area contributed by atoms with Crippen LogP contribution in [0.2, 0.25) is 0 Å². The Balaban J connectivity index is 1.48. The van der Waals surface area contributed by atoms with E-state index in [0.29, 0.717) is 23.6 Å². The molecule has 164 valence electrons. The van der Waals surface area contributed by atoms with Gasteiger partial charge in [-0.2, -0.15) is 0 Å². The number of alkyl halides is 1. The number of amides is 2. The van der Waals surface area contributed by atoms with E-state index in [1.54, 1.807) is 30.3 Å². The van der Waals surface area contributed by atoms with Crippen molar-refractivity contribution in [2.24, 2.45) is 0 Å². The minimum absolute atomic E-state index is 0.150. The number of carbonyl (C=O) groups excluding carboxylic acids is 2. The van der Waals surface area contributed by atoms with Crippen LogP contribution < -0.4 is 14.9 Å². The maximum atomic E-state index is 13.2. The molecule has 0 spiro atoms. The molecular weight excluding hydrogens is 420 g/mol. The van der Waals surface area contributed by atoms with Gasteiger partial charge in [0.05, 0.1) is 18.6 Å². The molecule has 0 saturated carbocycles. The molecule has 1 atom stereocenters. The molecule has 2 amide bonds. The highest BCUT2D eigenvalue weighted by Gasteiger charge is 2.27. The average molecular weight is 445 g/mol. The van der Waals surface area contributed by atoms with Crippen molar-refractivity contribution in [1.29, 1.82) is 0 Å². The molecule has 0 radical (unpaired) electrons. The molecule has 0 aliphatic carbocycles. The van der Waals surface area contributed by atoms with Crippen molar-refractivity contribution in [3.63, 3.8) is 0 Å².